The van der Waals surface area contributed by atoms with Gasteiger partial charge in [-0.1, -0.05) is 19.9 Å². The molecule has 3 aromatic heterocycles. The molecule has 1 saturated carbocycles. The fourth-order valence-corrected chi connectivity index (χ4v) is 6.71. The molecule has 234 valence electrons. The van der Waals surface area contributed by atoms with Crippen LogP contribution >= 0.6 is 0 Å². The van der Waals surface area contributed by atoms with Crippen molar-refractivity contribution in [3.63, 3.8) is 0 Å². The van der Waals surface area contributed by atoms with Gasteiger partial charge in [0, 0.05) is 28.7 Å². The summed E-state index contributed by atoms with van der Waals surface area (Å²) in [6.45, 7) is 12.3. The van der Waals surface area contributed by atoms with E-state index < -0.39 is 5.60 Å². The molecule has 1 aliphatic carbocycles. The predicted molar refractivity (Wildman–Crippen MR) is 170 cm³/mol. The maximum atomic E-state index is 12.7. The molecule has 0 bridgehead atoms. The van der Waals surface area contributed by atoms with Crippen LogP contribution in [0.1, 0.15) is 83.3 Å². The minimum Gasteiger partial charge on any atom is -0.493 e. The molecule has 1 aromatic carbocycles. The summed E-state index contributed by atoms with van der Waals surface area (Å²) in [6.07, 6.45) is 6.88. The van der Waals surface area contributed by atoms with Crippen LogP contribution in [0.4, 0.5) is 0 Å². The van der Waals surface area contributed by atoms with Crippen LogP contribution in [-0.2, 0) is 14.3 Å². The number of pyridine rings is 1. The van der Waals surface area contributed by atoms with Crippen molar-refractivity contribution in [2.45, 2.75) is 83.8 Å². The Morgan fingerprint density at radius 1 is 1.14 bits per heavy atom. The lowest BCUT2D eigenvalue weighted by molar-refractivity contribution is -0.164. The van der Waals surface area contributed by atoms with Gasteiger partial charge in [0.2, 0.25) is 5.91 Å². The van der Waals surface area contributed by atoms with E-state index in [0.29, 0.717) is 42.6 Å². The number of carbonyl (C=O) groups is 2. The molecule has 2 aliphatic rings. The Hall–Kier alpha value is -3.92. The molecule has 0 radical (unpaired) electrons. The zero-order valence-electron chi connectivity index (χ0n) is 26.6. The van der Waals surface area contributed by atoms with E-state index in [0.717, 1.165) is 42.7 Å². The maximum absolute atomic E-state index is 12.7. The van der Waals surface area contributed by atoms with Gasteiger partial charge < -0.3 is 19.8 Å². The summed E-state index contributed by atoms with van der Waals surface area (Å²) < 4.78 is 12.9. The van der Waals surface area contributed by atoms with Gasteiger partial charge in [-0.05, 0) is 101 Å². The number of nitrogens with zero attached hydrogens (tertiary/aromatic N) is 4. The van der Waals surface area contributed by atoms with Crippen molar-refractivity contribution in [3.05, 3.63) is 47.9 Å². The average Bonchev–Trinajstić information content (AvgIpc) is 3.58. The van der Waals surface area contributed by atoms with Crippen molar-refractivity contribution in [1.82, 2.24) is 29.8 Å². The Morgan fingerprint density at radius 2 is 1.89 bits per heavy atom. The maximum Gasteiger partial charge on any atom is 0.309 e. The molecular weight excluding hydrogens is 556 g/mol. The smallest absolute Gasteiger partial charge is 0.309 e. The first-order valence-electron chi connectivity index (χ1n) is 15.8. The molecule has 0 spiro atoms. The van der Waals surface area contributed by atoms with E-state index in [1.165, 1.54) is 22.8 Å². The molecule has 10 heteroatoms. The minimum atomic E-state index is -0.478. The molecule has 1 amide bonds. The van der Waals surface area contributed by atoms with E-state index in [9.17, 15) is 9.59 Å². The first kappa shape index (κ1) is 30.1. The number of piperidine rings is 1. The summed E-state index contributed by atoms with van der Waals surface area (Å²) in [5.41, 5.74) is 6.04. The number of likely N-dealkylation sites (tertiary alicyclic amines) is 1. The lowest BCUT2D eigenvalue weighted by atomic mass is 9.80. The van der Waals surface area contributed by atoms with Gasteiger partial charge in [0.1, 0.15) is 11.9 Å². The van der Waals surface area contributed by atoms with Crippen LogP contribution in [0.5, 0.6) is 5.75 Å². The van der Waals surface area contributed by atoms with Crippen molar-refractivity contribution in [2.24, 2.45) is 5.92 Å². The van der Waals surface area contributed by atoms with Gasteiger partial charge in [-0.25, -0.2) is 9.50 Å². The van der Waals surface area contributed by atoms with Gasteiger partial charge in [-0.3, -0.25) is 14.5 Å². The van der Waals surface area contributed by atoms with Crippen LogP contribution in [0.25, 0.3) is 27.8 Å². The van der Waals surface area contributed by atoms with Gasteiger partial charge in [-0.15, -0.1) is 0 Å². The number of aromatic nitrogens is 4. The third kappa shape index (κ3) is 6.18. The second-order valence-electron chi connectivity index (χ2n) is 13.7. The number of hydrogen-bond acceptors (Lipinski definition) is 7. The lowest BCUT2D eigenvalue weighted by Gasteiger charge is -2.37. The fourth-order valence-electron chi connectivity index (χ4n) is 6.71. The first-order chi connectivity index (χ1) is 21.0. The Morgan fingerprint density at radius 3 is 2.57 bits per heavy atom. The number of nitrogens with one attached hydrogen (secondary N) is 2. The van der Waals surface area contributed by atoms with Crippen LogP contribution in [-0.4, -0.2) is 74.7 Å². The quantitative estimate of drug-likeness (QED) is 0.260. The molecule has 6 rings (SSSR count). The third-order valence-corrected chi connectivity index (χ3v) is 8.96. The van der Waals surface area contributed by atoms with Crippen LogP contribution in [0.3, 0.4) is 0 Å². The molecule has 4 heterocycles. The van der Waals surface area contributed by atoms with Crippen LogP contribution < -0.4 is 10.1 Å². The summed E-state index contributed by atoms with van der Waals surface area (Å²) in [4.78, 5) is 35.2. The number of ether oxygens (including phenoxy) is 2. The number of methoxy groups -OCH3 is 1. The molecule has 4 aromatic rings. The van der Waals surface area contributed by atoms with E-state index in [1.54, 1.807) is 11.6 Å². The summed E-state index contributed by atoms with van der Waals surface area (Å²) in [6, 6.07) is 8.90. The highest BCUT2D eigenvalue weighted by molar-refractivity contribution is 5.92. The standard InChI is InChI=1S/C34H44N6O4/c1-20(2)30-26-15-22(7-8-27(26)38-31(30)24-16-28(43-6)32-35-19-36-40(32)17-24)21-9-11-39(12-10-21)18-29(41)37-25-13-23(14-25)33(42)44-34(3,4)5/h7-8,15-17,19-21,23,25,38H,9-14,18H2,1-6H3,(H,37,41). The molecule has 0 unspecified atom stereocenters. The first-order valence-corrected chi connectivity index (χ1v) is 15.8. The number of fused-ring (bicyclic) bond motifs is 2. The zero-order chi connectivity index (χ0) is 31.2. The summed E-state index contributed by atoms with van der Waals surface area (Å²) >= 11 is 0. The van der Waals surface area contributed by atoms with E-state index >= 15 is 0 Å². The second-order valence-corrected chi connectivity index (χ2v) is 13.7. The Kier molecular flexibility index (Phi) is 8.13. The number of aromatic amines is 1. The third-order valence-electron chi connectivity index (χ3n) is 8.96. The molecule has 1 aliphatic heterocycles. The van der Waals surface area contributed by atoms with Crippen molar-refractivity contribution >= 4 is 28.4 Å². The number of amides is 1. The predicted octanol–water partition coefficient (Wildman–Crippen LogP) is 5.43. The van der Waals surface area contributed by atoms with Gasteiger partial charge in [0.05, 0.1) is 25.3 Å². The second kappa shape index (κ2) is 11.9. The molecule has 1 saturated heterocycles. The van der Waals surface area contributed by atoms with E-state index in [4.69, 9.17) is 9.47 Å². The molecule has 44 heavy (non-hydrogen) atoms. The fraction of sp³-hybridized carbons (Fsp3) is 0.529. The van der Waals surface area contributed by atoms with Gasteiger partial charge >= 0.3 is 5.97 Å². The number of H-pyrrole nitrogens is 1. The Balaban J connectivity index is 1.09. The minimum absolute atomic E-state index is 0.0413. The summed E-state index contributed by atoms with van der Waals surface area (Å²) in [5.74, 6) is 1.21. The van der Waals surface area contributed by atoms with Gasteiger partial charge in [0.25, 0.3) is 0 Å². The van der Waals surface area contributed by atoms with Gasteiger partial charge in [0.15, 0.2) is 11.4 Å². The van der Waals surface area contributed by atoms with Crippen LogP contribution in [0.2, 0.25) is 0 Å². The van der Waals surface area contributed by atoms with Gasteiger partial charge in [-0.2, -0.15) is 5.10 Å². The van der Waals surface area contributed by atoms with Crippen molar-refractivity contribution in [1.29, 1.82) is 0 Å². The van der Waals surface area contributed by atoms with Crippen molar-refractivity contribution in [2.75, 3.05) is 26.7 Å². The lowest BCUT2D eigenvalue weighted by Crippen LogP contribution is -2.51. The Labute approximate surface area is 258 Å². The number of esters is 1. The highest BCUT2D eigenvalue weighted by atomic mass is 16.6. The summed E-state index contributed by atoms with van der Waals surface area (Å²) in [7, 11) is 1.66. The number of carbonyl (C=O) groups excluding carboxylic acids is 2. The topological polar surface area (TPSA) is 114 Å². The van der Waals surface area contributed by atoms with Crippen molar-refractivity contribution in [3.8, 4) is 17.0 Å². The molecule has 2 N–H and O–H groups in total. The normalized spacial score (nSPS) is 19.8. The molecule has 10 nitrogen and oxygen atoms in total. The van der Waals surface area contributed by atoms with Crippen LogP contribution in [0, 0.1) is 5.92 Å². The Bertz CT molecular complexity index is 1670. The monoisotopic (exact) mass is 600 g/mol. The number of benzene rings is 1. The average molecular weight is 601 g/mol. The van der Waals surface area contributed by atoms with E-state index in [-0.39, 0.29) is 23.8 Å². The number of hydrogen-bond donors (Lipinski definition) is 2. The largest absolute Gasteiger partial charge is 0.493 e. The SMILES string of the molecule is COc1cc(-c2[nH]c3ccc(C4CCN(CC(=O)NC5CC(C(=O)OC(C)(C)C)C5)CC4)cc3c2C(C)C)cn2ncnc12. The molecule has 2 fully saturated rings. The van der Waals surface area contributed by atoms with Crippen molar-refractivity contribution < 1.29 is 19.1 Å². The highest BCUT2D eigenvalue weighted by Crippen LogP contribution is 2.39. The van der Waals surface area contributed by atoms with E-state index in [1.807, 2.05) is 33.0 Å². The molecular formula is C34H44N6O4. The highest BCUT2D eigenvalue weighted by Gasteiger charge is 2.38. The number of rotatable bonds is 8. The van der Waals surface area contributed by atoms with Crippen LogP contribution in [0.15, 0.2) is 36.8 Å². The molecule has 0 atom stereocenters. The zero-order valence-corrected chi connectivity index (χ0v) is 26.6. The summed E-state index contributed by atoms with van der Waals surface area (Å²) in [5, 5.41) is 8.71. The van der Waals surface area contributed by atoms with E-state index in [2.05, 4.69) is 57.3 Å².